The molecule has 0 aliphatic carbocycles. The Labute approximate surface area is 168 Å². The van der Waals surface area contributed by atoms with E-state index in [4.69, 9.17) is 4.74 Å². The third kappa shape index (κ3) is 6.47. The lowest BCUT2D eigenvalue weighted by atomic mass is 10.1. The van der Waals surface area contributed by atoms with Crippen LogP contribution < -0.4 is 15.0 Å². The molecule has 3 aromatic rings. The molecule has 0 aliphatic rings. The van der Waals surface area contributed by atoms with Crippen molar-refractivity contribution in [3.63, 3.8) is 0 Å². The lowest BCUT2D eigenvalue weighted by Crippen LogP contribution is -2.08. The van der Waals surface area contributed by atoms with Gasteiger partial charge in [-0.05, 0) is 60.5 Å². The highest BCUT2D eigenvalue weighted by Gasteiger charge is 1.98. The van der Waals surface area contributed by atoms with Gasteiger partial charge in [0.15, 0.2) is 0 Å². The van der Waals surface area contributed by atoms with Crippen LogP contribution in [0, 0.1) is 6.92 Å². The lowest BCUT2D eigenvalue weighted by Gasteiger charge is -2.11. The second-order valence-corrected chi connectivity index (χ2v) is 6.54. The Morgan fingerprint density at radius 2 is 1.75 bits per heavy atom. The van der Waals surface area contributed by atoms with Gasteiger partial charge in [0.25, 0.3) is 0 Å². The van der Waals surface area contributed by atoms with Crippen molar-refractivity contribution in [2.24, 2.45) is 0 Å². The molecule has 0 bridgehead atoms. The van der Waals surface area contributed by atoms with Gasteiger partial charge in [-0.3, -0.25) is 0 Å². The number of hydrogen-bond donors (Lipinski definition) is 1. The number of anilines is 2. The third-order valence-corrected chi connectivity index (χ3v) is 4.14. The highest BCUT2D eigenvalue weighted by molar-refractivity contribution is 5.73. The van der Waals surface area contributed by atoms with E-state index in [9.17, 15) is 0 Å². The van der Waals surface area contributed by atoms with Crippen molar-refractivity contribution < 1.29 is 4.74 Å². The van der Waals surface area contributed by atoms with Crippen LogP contribution in [-0.4, -0.2) is 33.2 Å². The van der Waals surface area contributed by atoms with Crippen LogP contribution in [0.3, 0.4) is 0 Å². The quantitative estimate of drug-likeness (QED) is 0.651. The predicted octanol–water partition coefficient (Wildman–Crippen LogP) is 5.36. The summed E-state index contributed by atoms with van der Waals surface area (Å²) in [4.78, 5) is 6.26. The Morgan fingerprint density at radius 3 is 2.39 bits per heavy atom. The minimum absolute atomic E-state index is 0.638. The van der Waals surface area contributed by atoms with E-state index >= 15 is 0 Å². The van der Waals surface area contributed by atoms with Gasteiger partial charge in [0.1, 0.15) is 0 Å². The summed E-state index contributed by atoms with van der Waals surface area (Å²) in [6.45, 7) is 2.10. The van der Waals surface area contributed by atoms with Crippen molar-refractivity contribution in [1.29, 1.82) is 0 Å². The van der Waals surface area contributed by atoms with Gasteiger partial charge in [-0.15, -0.1) is 0 Å². The Kier molecular flexibility index (Phi) is 8.10. The number of aryl methyl sites for hydroxylation is 1. The summed E-state index contributed by atoms with van der Waals surface area (Å²) < 4.78 is 5.20. The normalized spacial score (nSPS) is 10.2. The number of rotatable bonds is 5. The molecular formula is C24H29N3O. The van der Waals surface area contributed by atoms with E-state index in [1.807, 2.05) is 43.5 Å². The van der Waals surface area contributed by atoms with Crippen LogP contribution in [0.2, 0.25) is 0 Å². The highest BCUT2D eigenvalue weighted by Crippen LogP contribution is 2.18. The molecule has 4 heteroatoms. The predicted molar refractivity (Wildman–Crippen MR) is 121 cm³/mol. The zero-order valence-corrected chi connectivity index (χ0v) is 17.3. The van der Waals surface area contributed by atoms with Gasteiger partial charge in [0, 0.05) is 44.3 Å². The minimum atomic E-state index is 0.638. The van der Waals surface area contributed by atoms with Gasteiger partial charge in [0.05, 0.1) is 7.11 Å². The zero-order valence-electron chi connectivity index (χ0n) is 17.3. The minimum Gasteiger partial charge on any atom is -0.481 e. The summed E-state index contributed by atoms with van der Waals surface area (Å²) in [6.07, 6.45) is 5.76. The summed E-state index contributed by atoms with van der Waals surface area (Å²) in [6, 6.07) is 20.5. The molecular weight excluding hydrogens is 346 g/mol. The molecule has 3 rings (SSSR count). The van der Waals surface area contributed by atoms with E-state index in [0.717, 1.165) is 16.8 Å². The Hall–Kier alpha value is -3.27. The first-order valence-corrected chi connectivity index (χ1v) is 9.22. The molecule has 0 amide bonds. The second-order valence-electron chi connectivity index (χ2n) is 6.54. The fourth-order valence-corrected chi connectivity index (χ4v) is 2.59. The molecule has 1 aromatic heterocycles. The van der Waals surface area contributed by atoms with Crippen LogP contribution in [-0.2, 0) is 0 Å². The maximum absolute atomic E-state index is 5.20. The van der Waals surface area contributed by atoms with Crippen molar-refractivity contribution >= 4 is 23.5 Å². The van der Waals surface area contributed by atoms with Crippen LogP contribution in [0.4, 0.5) is 11.4 Å². The number of pyridine rings is 1. The molecule has 0 radical (unpaired) electrons. The molecule has 2 aromatic carbocycles. The number of hydrogen-bond acceptors (Lipinski definition) is 4. The first kappa shape index (κ1) is 21.0. The van der Waals surface area contributed by atoms with E-state index in [-0.39, 0.29) is 0 Å². The van der Waals surface area contributed by atoms with E-state index in [1.165, 1.54) is 11.3 Å². The van der Waals surface area contributed by atoms with Crippen LogP contribution >= 0.6 is 0 Å². The second kappa shape index (κ2) is 10.8. The molecule has 0 spiro atoms. The van der Waals surface area contributed by atoms with Crippen LogP contribution in [0.25, 0.3) is 12.2 Å². The summed E-state index contributed by atoms with van der Waals surface area (Å²) in [5, 5.41) is 3.12. The molecule has 0 saturated heterocycles. The largest absolute Gasteiger partial charge is 0.481 e. The Morgan fingerprint density at radius 1 is 0.964 bits per heavy atom. The summed E-state index contributed by atoms with van der Waals surface area (Å²) in [5.41, 5.74) is 5.77. The van der Waals surface area contributed by atoms with Crippen LogP contribution in [0.15, 0.2) is 66.9 Å². The van der Waals surface area contributed by atoms with Crippen molar-refractivity contribution in [2.75, 3.05) is 38.5 Å². The fraction of sp³-hybridized carbons (Fsp3) is 0.208. The summed E-state index contributed by atoms with van der Waals surface area (Å²) in [7, 11) is 7.64. The average Bonchev–Trinajstić information content (AvgIpc) is 2.73. The van der Waals surface area contributed by atoms with Gasteiger partial charge in [-0.2, -0.15) is 0 Å². The van der Waals surface area contributed by atoms with Crippen molar-refractivity contribution in [3.05, 3.63) is 83.6 Å². The van der Waals surface area contributed by atoms with E-state index in [2.05, 4.69) is 72.6 Å². The maximum Gasteiger partial charge on any atom is 0.220 e. The Bertz CT molecular complexity index is 904. The summed E-state index contributed by atoms with van der Waals surface area (Å²) in [5.74, 6) is 0.638. The SMILES string of the molecule is CNc1cccc(/C=C/c2cccnc2OC)c1.Cc1cccc(N(C)C)c1. The van der Waals surface area contributed by atoms with Crippen molar-refractivity contribution in [1.82, 2.24) is 4.98 Å². The monoisotopic (exact) mass is 375 g/mol. The van der Waals surface area contributed by atoms with E-state index in [1.54, 1.807) is 13.3 Å². The Balaban J connectivity index is 0.000000237. The van der Waals surface area contributed by atoms with Gasteiger partial charge in [-0.25, -0.2) is 4.98 Å². The maximum atomic E-state index is 5.20. The molecule has 1 N–H and O–H groups in total. The van der Waals surface area contributed by atoms with Crippen molar-refractivity contribution in [3.8, 4) is 5.88 Å². The smallest absolute Gasteiger partial charge is 0.220 e. The van der Waals surface area contributed by atoms with Crippen LogP contribution in [0.1, 0.15) is 16.7 Å². The van der Waals surface area contributed by atoms with Gasteiger partial charge in [-0.1, -0.05) is 30.3 Å². The average molecular weight is 376 g/mol. The molecule has 0 saturated carbocycles. The number of ether oxygens (including phenoxy) is 1. The number of methoxy groups -OCH3 is 1. The number of nitrogens with zero attached hydrogens (tertiary/aromatic N) is 2. The van der Waals surface area contributed by atoms with Crippen molar-refractivity contribution in [2.45, 2.75) is 6.92 Å². The number of nitrogens with one attached hydrogen (secondary N) is 1. The molecule has 4 nitrogen and oxygen atoms in total. The molecule has 146 valence electrons. The molecule has 28 heavy (non-hydrogen) atoms. The third-order valence-electron chi connectivity index (χ3n) is 4.14. The molecule has 0 unspecified atom stereocenters. The highest BCUT2D eigenvalue weighted by atomic mass is 16.5. The van der Waals surface area contributed by atoms with Gasteiger partial charge in [0.2, 0.25) is 5.88 Å². The number of aromatic nitrogens is 1. The topological polar surface area (TPSA) is 37.4 Å². The van der Waals surface area contributed by atoms with Gasteiger partial charge < -0.3 is 15.0 Å². The molecule has 1 heterocycles. The van der Waals surface area contributed by atoms with E-state index in [0.29, 0.717) is 5.88 Å². The van der Waals surface area contributed by atoms with Crippen LogP contribution in [0.5, 0.6) is 5.88 Å². The van der Waals surface area contributed by atoms with E-state index < -0.39 is 0 Å². The molecule has 0 fully saturated rings. The lowest BCUT2D eigenvalue weighted by molar-refractivity contribution is 0.397. The zero-order chi connectivity index (χ0) is 20.4. The summed E-state index contributed by atoms with van der Waals surface area (Å²) >= 11 is 0. The van der Waals surface area contributed by atoms with Gasteiger partial charge >= 0.3 is 0 Å². The fourth-order valence-electron chi connectivity index (χ4n) is 2.59. The standard InChI is InChI=1S/C15H16N2O.C9H13N/c1-16-14-7-3-5-12(11-14)8-9-13-6-4-10-17-15(13)18-2;1-8-5-4-6-9(7-8)10(2)3/h3-11,16H,1-2H3;4-7H,1-3H3/b9-8+;. The molecule has 0 aliphatic heterocycles. The number of benzene rings is 2. The first-order valence-electron chi connectivity index (χ1n) is 9.22. The molecule has 0 atom stereocenters. The first-order chi connectivity index (χ1) is 13.5.